The van der Waals surface area contributed by atoms with Crippen LogP contribution < -0.4 is 40.1 Å². The minimum Gasteiger partial charge on any atom is -0.543 e. The van der Waals surface area contributed by atoms with Gasteiger partial charge >= 0.3 is 29.6 Å². The van der Waals surface area contributed by atoms with Crippen molar-refractivity contribution in [3.05, 3.63) is 57.0 Å². The second-order valence-electron chi connectivity index (χ2n) is 3.68. The van der Waals surface area contributed by atoms with E-state index in [1.54, 1.807) is 31.2 Å². The Morgan fingerprint density at radius 2 is 2.05 bits per heavy atom. The zero-order chi connectivity index (χ0) is 13.3. The molecule has 92 valence electrons. The molecule has 0 saturated carbocycles. The number of hydrogen-bond acceptors (Lipinski definition) is 4. The summed E-state index contributed by atoms with van der Waals surface area (Å²) in [6.45, 7) is 1.65. The van der Waals surface area contributed by atoms with Gasteiger partial charge in [0, 0.05) is 16.8 Å². The van der Waals surface area contributed by atoms with Gasteiger partial charge < -0.3 is 9.90 Å². The number of hydrogen-bond donors (Lipinski definition) is 0. The van der Waals surface area contributed by atoms with Gasteiger partial charge in [-0.05, 0) is 25.1 Å². The molecule has 0 unspecified atom stereocenters. The second kappa shape index (κ2) is 6.34. The monoisotopic (exact) mass is 286 g/mol. The standard InChI is InChI=1S/C12H9ClN2O3.Na/c1-7-5-10(16)11(12(17)18)14-15(7)9-4-2-3-8(13)6-9;/h2-6H,1H3,(H,17,18);/q;+1/p-1. The maximum absolute atomic E-state index is 11.4. The summed E-state index contributed by atoms with van der Waals surface area (Å²) in [5.74, 6) is -1.60. The van der Waals surface area contributed by atoms with Crippen LogP contribution in [0.3, 0.4) is 0 Å². The van der Waals surface area contributed by atoms with Gasteiger partial charge in [-0.3, -0.25) is 4.79 Å². The Morgan fingerprint density at radius 3 is 2.63 bits per heavy atom. The number of aromatic nitrogens is 2. The molecule has 1 aromatic carbocycles. The predicted octanol–water partition coefficient (Wildman–Crippen LogP) is -2.44. The summed E-state index contributed by atoms with van der Waals surface area (Å²) in [7, 11) is 0. The normalized spacial score (nSPS) is 9.79. The fraction of sp³-hybridized carbons (Fsp3) is 0.0833. The molecule has 19 heavy (non-hydrogen) atoms. The summed E-state index contributed by atoms with van der Waals surface area (Å²) >= 11 is 5.85. The third-order valence-electron chi connectivity index (χ3n) is 2.35. The first-order valence-corrected chi connectivity index (χ1v) is 5.45. The van der Waals surface area contributed by atoms with Gasteiger partial charge in [-0.1, -0.05) is 17.7 Å². The summed E-state index contributed by atoms with van der Waals surface area (Å²) in [5.41, 5.74) is -0.221. The predicted molar refractivity (Wildman–Crippen MR) is 63.9 cm³/mol. The van der Waals surface area contributed by atoms with Crippen molar-refractivity contribution in [1.29, 1.82) is 0 Å². The van der Waals surface area contributed by atoms with E-state index in [0.717, 1.165) is 0 Å². The van der Waals surface area contributed by atoms with E-state index in [4.69, 9.17) is 11.6 Å². The molecule has 0 atom stereocenters. The SMILES string of the molecule is Cc1cc(=O)c(C(=O)[O-])nn1-c1cccc(Cl)c1.[Na+]. The van der Waals surface area contributed by atoms with Crippen molar-refractivity contribution in [2.75, 3.05) is 0 Å². The van der Waals surface area contributed by atoms with E-state index in [1.807, 2.05) is 0 Å². The van der Waals surface area contributed by atoms with Crippen LogP contribution >= 0.6 is 11.6 Å². The van der Waals surface area contributed by atoms with Crippen molar-refractivity contribution in [2.45, 2.75) is 6.92 Å². The molecular weight excluding hydrogens is 279 g/mol. The molecule has 0 aliphatic carbocycles. The third kappa shape index (κ3) is 3.45. The Morgan fingerprint density at radius 1 is 1.37 bits per heavy atom. The van der Waals surface area contributed by atoms with E-state index >= 15 is 0 Å². The first-order chi connectivity index (χ1) is 8.49. The smallest absolute Gasteiger partial charge is 0.543 e. The number of carbonyl (C=O) groups is 1. The van der Waals surface area contributed by atoms with Crippen molar-refractivity contribution in [2.24, 2.45) is 0 Å². The van der Waals surface area contributed by atoms with Gasteiger partial charge in [0.25, 0.3) is 0 Å². The van der Waals surface area contributed by atoms with E-state index in [2.05, 4.69) is 5.10 Å². The van der Waals surface area contributed by atoms with Gasteiger partial charge in [-0.2, -0.15) is 5.10 Å². The summed E-state index contributed by atoms with van der Waals surface area (Å²) in [4.78, 5) is 22.2. The molecule has 0 fully saturated rings. The number of aromatic carboxylic acids is 1. The Balaban J connectivity index is 0.00000180. The van der Waals surface area contributed by atoms with Crippen LogP contribution in [-0.4, -0.2) is 15.7 Å². The topological polar surface area (TPSA) is 75.0 Å². The first kappa shape index (κ1) is 15.9. The molecule has 0 aliphatic rings. The van der Waals surface area contributed by atoms with Gasteiger partial charge in [-0.15, -0.1) is 0 Å². The van der Waals surface area contributed by atoms with Gasteiger partial charge in [0.1, 0.15) is 0 Å². The molecule has 0 N–H and O–H groups in total. The molecule has 0 spiro atoms. The number of carbonyl (C=O) groups excluding carboxylic acids is 1. The summed E-state index contributed by atoms with van der Waals surface area (Å²) in [6.07, 6.45) is 0. The average molecular weight is 287 g/mol. The quantitative estimate of drug-likeness (QED) is 0.575. The number of aryl methyl sites for hydroxylation is 1. The van der Waals surface area contributed by atoms with E-state index in [-0.39, 0.29) is 29.6 Å². The van der Waals surface area contributed by atoms with Crippen molar-refractivity contribution in [3.8, 4) is 5.69 Å². The van der Waals surface area contributed by atoms with Crippen LogP contribution in [-0.2, 0) is 0 Å². The molecule has 0 saturated heterocycles. The molecule has 0 aliphatic heterocycles. The van der Waals surface area contributed by atoms with Crippen LogP contribution in [0.2, 0.25) is 5.02 Å². The zero-order valence-electron chi connectivity index (χ0n) is 10.4. The molecule has 0 radical (unpaired) electrons. The molecule has 1 heterocycles. The van der Waals surface area contributed by atoms with Crippen molar-refractivity contribution >= 4 is 17.6 Å². The summed E-state index contributed by atoms with van der Waals surface area (Å²) in [6, 6.07) is 7.90. The van der Waals surface area contributed by atoms with Crippen molar-refractivity contribution in [3.63, 3.8) is 0 Å². The molecule has 5 nitrogen and oxygen atoms in total. The van der Waals surface area contributed by atoms with Gasteiger partial charge in [0.15, 0.2) is 5.69 Å². The molecular formula is C12H8ClN2NaO3. The fourth-order valence-corrected chi connectivity index (χ4v) is 1.74. The Hall–Kier alpha value is -1.14. The first-order valence-electron chi connectivity index (χ1n) is 5.07. The third-order valence-corrected chi connectivity index (χ3v) is 2.59. The van der Waals surface area contributed by atoms with E-state index in [9.17, 15) is 14.7 Å². The van der Waals surface area contributed by atoms with Gasteiger partial charge in [0.2, 0.25) is 5.43 Å². The van der Waals surface area contributed by atoms with Crippen LogP contribution in [0.5, 0.6) is 0 Å². The Kier molecular flexibility index (Phi) is 5.31. The molecule has 2 rings (SSSR count). The molecule has 1 aromatic heterocycles. The van der Waals surface area contributed by atoms with E-state index in [0.29, 0.717) is 16.4 Å². The minimum absolute atomic E-state index is 0. The largest absolute Gasteiger partial charge is 1.00 e. The van der Waals surface area contributed by atoms with E-state index in [1.165, 1.54) is 10.7 Å². The number of carboxylic acid groups (broad SMARTS) is 1. The fourth-order valence-electron chi connectivity index (χ4n) is 1.56. The van der Waals surface area contributed by atoms with Gasteiger partial charge in [0.05, 0.1) is 11.7 Å². The Bertz CT molecular complexity index is 685. The number of rotatable bonds is 2. The van der Waals surface area contributed by atoms with Crippen molar-refractivity contribution in [1.82, 2.24) is 9.78 Å². The minimum atomic E-state index is -1.60. The van der Waals surface area contributed by atoms with Crippen LogP contribution in [0.25, 0.3) is 5.69 Å². The second-order valence-corrected chi connectivity index (χ2v) is 4.11. The maximum atomic E-state index is 11.4. The average Bonchev–Trinajstić information content (AvgIpc) is 2.28. The van der Waals surface area contributed by atoms with Crippen LogP contribution in [0.4, 0.5) is 0 Å². The molecule has 0 amide bonds. The number of benzene rings is 1. The Labute approximate surface area is 136 Å². The molecule has 2 aromatic rings. The van der Waals surface area contributed by atoms with Crippen LogP contribution in [0, 0.1) is 6.92 Å². The maximum Gasteiger partial charge on any atom is 1.00 e. The van der Waals surface area contributed by atoms with Crippen molar-refractivity contribution < 1.29 is 39.5 Å². The number of carboxylic acids is 1. The van der Waals surface area contributed by atoms with Gasteiger partial charge in [-0.25, -0.2) is 4.68 Å². The summed E-state index contributed by atoms with van der Waals surface area (Å²) < 4.78 is 1.33. The number of halogens is 1. The molecule has 7 heteroatoms. The molecule has 0 bridgehead atoms. The van der Waals surface area contributed by atoms with Crippen LogP contribution in [0.1, 0.15) is 16.2 Å². The summed E-state index contributed by atoms with van der Waals surface area (Å²) in [5, 5.41) is 15.0. The van der Waals surface area contributed by atoms with Crippen LogP contribution in [0.15, 0.2) is 35.1 Å². The number of nitrogens with zero attached hydrogens (tertiary/aromatic N) is 2. The van der Waals surface area contributed by atoms with E-state index < -0.39 is 17.1 Å². The zero-order valence-corrected chi connectivity index (χ0v) is 13.1.